The van der Waals surface area contributed by atoms with Crippen LogP contribution in [-0.2, 0) is 0 Å². The van der Waals surface area contributed by atoms with E-state index < -0.39 is 0 Å². The van der Waals surface area contributed by atoms with E-state index in [2.05, 4.69) is 66.9 Å². The van der Waals surface area contributed by atoms with E-state index in [1.54, 1.807) is 0 Å². The summed E-state index contributed by atoms with van der Waals surface area (Å²) in [4.78, 5) is 12.3. The van der Waals surface area contributed by atoms with Gasteiger partial charge in [-0.1, -0.05) is 6.92 Å². The van der Waals surface area contributed by atoms with Crippen molar-refractivity contribution in [1.29, 1.82) is 0 Å². The molecule has 1 heterocycles. The summed E-state index contributed by atoms with van der Waals surface area (Å²) < 4.78 is 0. The predicted molar refractivity (Wildman–Crippen MR) is 125 cm³/mol. The lowest BCUT2D eigenvalue weighted by molar-refractivity contribution is 0.140. The van der Waals surface area contributed by atoms with Crippen LogP contribution < -0.4 is 10.6 Å². The van der Waals surface area contributed by atoms with Crippen LogP contribution in [0.3, 0.4) is 0 Å². The largest absolute Gasteiger partial charge is 0.357 e. The van der Waals surface area contributed by atoms with Crippen molar-refractivity contribution < 1.29 is 0 Å². The molecular weight excluding hydrogens is 439 g/mol. The number of hydrogen-bond donors (Lipinski definition) is 2. The lowest BCUT2D eigenvalue weighted by atomic mass is 10.2. The second-order valence-electron chi connectivity index (χ2n) is 7.39. The molecule has 0 aromatic heterocycles. The molecule has 0 bridgehead atoms. The number of rotatable bonds is 10. The number of nitrogens with one attached hydrogen (secondary N) is 2. The fourth-order valence-electron chi connectivity index (χ4n) is 3.39. The van der Waals surface area contributed by atoms with Crippen LogP contribution in [0.15, 0.2) is 4.99 Å². The Kier molecular flexibility index (Phi) is 14.8. The van der Waals surface area contributed by atoms with E-state index in [1.807, 2.05) is 0 Å². The van der Waals surface area contributed by atoms with Crippen molar-refractivity contribution >= 4 is 29.9 Å². The highest BCUT2D eigenvalue weighted by atomic mass is 127. The number of piperazine rings is 1. The van der Waals surface area contributed by atoms with Crippen molar-refractivity contribution in [1.82, 2.24) is 25.3 Å². The topological polar surface area (TPSA) is 46.1 Å². The summed E-state index contributed by atoms with van der Waals surface area (Å²) in [5, 5.41) is 6.85. The summed E-state index contributed by atoms with van der Waals surface area (Å²) in [6.45, 7) is 24.1. The van der Waals surface area contributed by atoms with Crippen molar-refractivity contribution in [3.63, 3.8) is 0 Å². The highest BCUT2D eigenvalue weighted by Gasteiger charge is 2.15. The fraction of sp³-hybridized carbons (Fsp3) is 0.947. The molecule has 6 nitrogen and oxygen atoms in total. The number of aliphatic imine (C=N–C) groups is 1. The number of hydrogen-bond acceptors (Lipinski definition) is 4. The molecule has 0 aromatic carbocycles. The Morgan fingerprint density at radius 3 is 2.04 bits per heavy atom. The second-order valence-corrected chi connectivity index (χ2v) is 7.39. The fourth-order valence-corrected chi connectivity index (χ4v) is 3.39. The van der Waals surface area contributed by atoms with Gasteiger partial charge in [-0.2, -0.15) is 0 Å². The zero-order chi connectivity index (χ0) is 18.7. The molecule has 156 valence electrons. The Morgan fingerprint density at radius 2 is 1.54 bits per heavy atom. The minimum absolute atomic E-state index is 0. The standard InChI is InChI=1S/C19H42N6.HI/c1-7-20-19(22-10-12-25(17(3)4)18(5)6)21-9-11-24-15-13-23(8-2)14-16-24;/h17-18H,7-16H2,1-6H3,(H2,20,21,22);1H. The maximum Gasteiger partial charge on any atom is 0.191 e. The van der Waals surface area contributed by atoms with Crippen molar-refractivity contribution in [2.75, 3.05) is 65.4 Å². The van der Waals surface area contributed by atoms with E-state index >= 15 is 0 Å². The van der Waals surface area contributed by atoms with Crippen LogP contribution in [0, 0.1) is 0 Å². The highest BCUT2D eigenvalue weighted by Crippen LogP contribution is 2.03. The van der Waals surface area contributed by atoms with Crippen molar-refractivity contribution in [3.8, 4) is 0 Å². The van der Waals surface area contributed by atoms with Gasteiger partial charge < -0.3 is 15.5 Å². The van der Waals surface area contributed by atoms with Gasteiger partial charge in [0.2, 0.25) is 0 Å². The first-order chi connectivity index (χ1) is 12.0. The first-order valence-electron chi connectivity index (χ1n) is 10.2. The molecule has 0 amide bonds. The second kappa shape index (κ2) is 14.9. The molecule has 1 aliphatic heterocycles. The normalized spacial score (nSPS) is 17.0. The summed E-state index contributed by atoms with van der Waals surface area (Å²) in [5.74, 6) is 0.946. The van der Waals surface area contributed by atoms with Crippen LogP contribution in [0.2, 0.25) is 0 Å². The molecule has 1 fully saturated rings. The Labute approximate surface area is 179 Å². The zero-order valence-corrected chi connectivity index (χ0v) is 20.3. The van der Waals surface area contributed by atoms with E-state index in [9.17, 15) is 0 Å². The molecule has 0 aromatic rings. The smallest absolute Gasteiger partial charge is 0.191 e. The molecular formula is C19H43IN6. The molecule has 0 saturated carbocycles. The molecule has 1 saturated heterocycles. The maximum absolute atomic E-state index is 4.75. The predicted octanol–water partition coefficient (Wildman–Crippen LogP) is 1.92. The van der Waals surface area contributed by atoms with E-state index in [0.717, 1.165) is 38.7 Å². The Morgan fingerprint density at radius 1 is 0.962 bits per heavy atom. The zero-order valence-electron chi connectivity index (χ0n) is 17.9. The first-order valence-corrected chi connectivity index (χ1v) is 10.2. The molecule has 7 heteroatoms. The van der Waals surface area contributed by atoms with Gasteiger partial charge in [-0.05, 0) is 41.2 Å². The van der Waals surface area contributed by atoms with E-state index in [0.29, 0.717) is 12.1 Å². The van der Waals surface area contributed by atoms with Gasteiger partial charge in [-0.3, -0.25) is 14.8 Å². The van der Waals surface area contributed by atoms with Gasteiger partial charge in [0.1, 0.15) is 0 Å². The molecule has 1 rings (SSSR count). The third-order valence-corrected chi connectivity index (χ3v) is 4.93. The number of guanidine groups is 1. The summed E-state index contributed by atoms with van der Waals surface area (Å²) >= 11 is 0. The Balaban J connectivity index is 0.00000625. The van der Waals surface area contributed by atoms with Crippen LogP contribution in [0.5, 0.6) is 0 Å². The molecule has 0 radical (unpaired) electrons. The monoisotopic (exact) mass is 482 g/mol. The lowest BCUT2D eigenvalue weighted by Crippen LogP contribution is -2.47. The summed E-state index contributed by atoms with van der Waals surface area (Å²) in [7, 11) is 0. The average Bonchev–Trinajstić information content (AvgIpc) is 2.58. The van der Waals surface area contributed by atoms with Gasteiger partial charge in [-0.25, -0.2) is 0 Å². The molecule has 1 aliphatic rings. The van der Waals surface area contributed by atoms with Crippen LogP contribution in [-0.4, -0.2) is 98.2 Å². The van der Waals surface area contributed by atoms with Crippen LogP contribution >= 0.6 is 24.0 Å². The van der Waals surface area contributed by atoms with E-state index in [1.165, 1.54) is 32.7 Å². The van der Waals surface area contributed by atoms with E-state index in [-0.39, 0.29) is 24.0 Å². The minimum Gasteiger partial charge on any atom is -0.357 e. The quantitative estimate of drug-likeness (QED) is 0.283. The van der Waals surface area contributed by atoms with Crippen molar-refractivity contribution in [2.24, 2.45) is 4.99 Å². The third kappa shape index (κ3) is 10.3. The average molecular weight is 482 g/mol. The van der Waals surface area contributed by atoms with Gasteiger partial charge >= 0.3 is 0 Å². The van der Waals surface area contributed by atoms with Gasteiger partial charge in [0.25, 0.3) is 0 Å². The van der Waals surface area contributed by atoms with Gasteiger partial charge in [0, 0.05) is 64.4 Å². The van der Waals surface area contributed by atoms with Crippen molar-refractivity contribution in [3.05, 3.63) is 0 Å². The van der Waals surface area contributed by atoms with Crippen LogP contribution in [0.4, 0.5) is 0 Å². The van der Waals surface area contributed by atoms with Crippen LogP contribution in [0.1, 0.15) is 41.5 Å². The highest BCUT2D eigenvalue weighted by molar-refractivity contribution is 14.0. The Hall–Kier alpha value is -0.120. The first kappa shape index (κ1) is 25.9. The summed E-state index contributed by atoms with van der Waals surface area (Å²) in [5.41, 5.74) is 0. The Bertz CT molecular complexity index is 359. The lowest BCUT2D eigenvalue weighted by Gasteiger charge is -2.33. The SMILES string of the molecule is CCNC(=NCCN1CCN(CC)CC1)NCCN(C(C)C)C(C)C.I. The van der Waals surface area contributed by atoms with Crippen LogP contribution in [0.25, 0.3) is 0 Å². The number of likely N-dealkylation sites (N-methyl/N-ethyl adjacent to an activating group) is 1. The molecule has 0 spiro atoms. The van der Waals surface area contributed by atoms with Gasteiger partial charge in [0.15, 0.2) is 5.96 Å². The number of nitrogens with zero attached hydrogens (tertiary/aromatic N) is 4. The summed E-state index contributed by atoms with van der Waals surface area (Å²) in [6, 6.07) is 1.14. The van der Waals surface area contributed by atoms with Crippen molar-refractivity contribution in [2.45, 2.75) is 53.6 Å². The van der Waals surface area contributed by atoms with Gasteiger partial charge in [-0.15, -0.1) is 24.0 Å². The number of halogens is 1. The molecule has 0 atom stereocenters. The van der Waals surface area contributed by atoms with Gasteiger partial charge in [0.05, 0.1) is 6.54 Å². The third-order valence-electron chi connectivity index (χ3n) is 4.93. The molecule has 26 heavy (non-hydrogen) atoms. The van der Waals surface area contributed by atoms with E-state index in [4.69, 9.17) is 4.99 Å². The molecule has 2 N–H and O–H groups in total. The molecule has 0 aliphatic carbocycles. The molecule has 0 unspecified atom stereocenters. The maximum atomic E-state index is 4.75. The minimum atomic E-state index is 0. The summed E-state index contributed by atoms with van der Waals surface area (Å²) in [6.07, 6.45) is 0.